The molecule has 0 saturated heterocycles. The average molecular weight is 481 g/mol. The van der Waals surface area contributed by atoms with Crippen molar-refractivity contribution in [1.82, 2.24) is 0 Å². The fourth-order valence-corrected chi connectivity index (χ4v) is 6.24. The van der Waals surface area contributed by atoms with Crippen molar-refractivity contribution in [3.8, 4) is 11.5 Å². The molecule has 4 nitrogen and oxygen atoms in total. The van der Waals surface area contributed by atoms with Gasteiger partial charge in [0.05, 0.1) is 22.7 Å². The molecule has 8 rings (SSSR count). The molecular formula is C33H24N2O2. The zero-order valence-corrected chi connectivity index (χ0v) is 20.4. The largest absolute Gasteiger partial charge is 0.454 e. The van der Waals surface area contributed by atoms with Gasteiger partial charge in [-0.1, -0.05) is 54.6 Å². The van der Waals surface area contributed by atoms with Crippen LogP contribution in [0.4, 0.5) is 34.1 Å². The molecule has 0 amide bonds. The van der Waals surface area contributed by atoms with Gasteiger partial charge >= 0.3 is 0 Å². The number of aryl methyl sites for hydroxylation is 1. The molecule has 0 N–H and O–H groups in total. The summed E-state index contributed by atoms with van der Waals surface area (Å²) >= 11 is 0. The van der Waals surface area contributed by atoms with Gasteiger partial charge in [0.15, 0.2) is 11.5 Å². The van der Waals surface area contributed by atoms with Crippen LogP contribution in [0.25, 0.3) is 0 Å². The number of hydrogen-bond acceptors (Lipinski definition) is 4. The van der Waals surface area contributed by atoms with E-state index < -0.39 is 0 Å². The van der Waals surface area contributed by atoms with E-state index in [4.69, 9.17) is 9.47 Å². The van der Waals surface area contributed by atoms with Gasteiger partial charge in [-0.15, -0.1) is 0 Å². The SMILES string of the molecule is Cc1cc2c3c(c1)N(c1ccccc1)c1ccc4c(c1C3c1ccccc1N2c1ccccc1)OCO4. The average Bonchev–Trinajstić information content (AvgIpc) is 3.43. The Kier molecular flexibility index (Phi) is 4.23. The molecule has 0 spiro atoms. The smallest absolute Gasteiger partial charge is 0.231 e. The van der Waals surface area contributed by atoms with Crippen molar-refractivity contribution in [3.63, 3.8) is 0 Å². The molecule has 0 saturated carbocycles. The van der Waals surface area contributed by atoms with Crippen LogP contribution in [0.1, 0.15) is 28.2 Å². The second-order valence-electron chi connectivity index (χ2n) is 9.78. The topological polar surface area (TPSA) is 24.9 Å². The quantitative estimate of drug-likeness (QED) is 0.248. The first-order valence-corrected chi connectivity index (χ1v) is 12.7. The Balaban J connectivity index is 1.52. The predicted molar refractivity (Wildman–Crippen MR) is 148 cm³/mol. The van der Waals surface area contributed by atoms with Crippen LogP contribution in [0.15, 0.2) is 109 Å². The van der Waals surface area contributed by atoms with Crippen molar-refractivity contribution in [2.24, 2.45) is 0 Å². The highest BCUT2D eigenvalue weighted by atomic mass is 16.7. The Labute approximate surface area is 215 Å². The minimum absolute atomic E-state index is 0.0216. The van der Waals surface area contributed by atoms with Gasteiger partial charge in [0.2, 0.25) is 6.79 Å². The number of benzene rings is 5. The maximum atomic E-state index is 6.18. The highest BCUT2D eigenvalue weighted by Gasteiger charge is 2.43. The zero-order chi connectivity index (χ0) is 24.5. The highest BCUT2D eigenvalue weighted by Crippen LogP contribution is 2.63. The van der Waals surface area contributed by atoms with Gasteiger partial charge in [0.1, 0.15) is 0 Å². The lowest BCUT2D eigenvalue weighted by atomic mass is 9.75. The Morgan fingerprint density at radius 1 is 0.595 bits per heavy atom. The molecule has 37 heavy (non-hydrogen) atoms. The van der Waals surface area contributed by atoms with E-state index in [2.05, 4.69) is 120 Å². The lowest BCUT2D eigenvalue weighted by Crippen LogP contribution is -2.29. The monoisotopic (exact) mass is 480 g/mol. The third-order valence-electron chi connectivity index (χ3n) is 7.65. The number of para-hydroxylation sites is 3. The molecule has 0 aliphatic carbocycles. The number of fused-ring (bicyclic) bond motifs is 6. The molecule has 0 fully saturated rings. The van der Waals surface area contributed by atoms with Gasteiger partial charge in [-0.2, -0.15) is 0 Å². The summed E-state index contributed by atoms with van der Waals surface area (Å²) in [6.45, 7) is 2.43. The summed E-state index contributed by atoms with van der Waals surface area (Å²) < 4.78 is 12.1. The number of anilines is 6. The summed E-state index contributed by atoms with van der Waals surface area (Å²) in [4.78, 5) is 4.79. The van der Waals surface area contributed by atoms with Gasteiger partial charge in [-0.3, -0.25) is 0 Å². The molecule has 0 radical (unpaired) electrons. The summed E-state index contributed by atoms with van der Waals surface area (Å²) in [5, 5.41) is 0. The molecule has 178 valence electrons. The van der Waals surface area contributed by atoms with E-state index in [0.717, 1.165) is 34.1 Å². The molecule has 0 bridgehead atoms. The highest BCUT2D eigenvalue weighted by molar-refractivity contribution is 5.97. The molecule has 5 aromatic rings. The van der Waals surface area contributed by atoms with Crippen LogP contribution >= 0.6 is 0 Å². The van der Waals surface area contributed by atoms with E-state index in [1.165, 1.54) is 33.8 Å². The van der Waals surface area contributed by atoms with Gasteiger partial charge in [0.25, 0.3) is 0 Å². The first-order valence-electron chi connectivity index (χ1n) is 12.7. The maximum absolute atomic E-state index is 6.18. The fourth-order valence-electron chi connectivity index (χ4n) is 6.24. The Hall–Kier alpha value is -4.70. The molecule has 1 atom stereocenters. The third-order valence-corrected chi connectivity index (χ3v) is 7.65. The molecule has 3 aliphatic rings. The maximum Gasteiger partial charge on any atom is 0.231 e. The van der Waals surface area contributed by atoms with Crippen LogP contribution < -0.4 is 19.3 Å². The second kappa shape index (κ2) is 7.65. The van der Waals surface area contributed by atoms with Crippen molar-refractivity contribution >= 4 is 34.1 Å². The zero-order valence-electron chi connectivity index (χ0n) is 20.4. The number of rotatable bonds is 2. The first kappa shape index (κ1) is 20.5. The van der Waals surface area contributed by atoms with Gasteiger partial charge in [-0.25, -0.2) is 0 Å². The summed E-state index contributed by atoms with van der Waals surface area (Å²) in [5.74, 6) is 1.68. The first-order chi connectivity index (χ1) is 18.3. The minimum atomic E-state index is 0.0216. The fraction of sp³-hybridized carbons (Fsp3) is 0.0909. The van der Waals surface area contributed by atoms with E-state index in [1.54, 1.807) is 0 Å². The molecule has 5 aromatic carbocycles. The molecule has 1 unspecified atom stereocenters. The van der Waals surface area contributed by atoms with E-state index >= 15 is 0 Å². The summed E-state index contributed by atoms with van der Waals surface area (Å²) in [7, 11) is 0. The summed E-state index contributed by atoms with van der Waals surface area (Å²) in [5.41, 5.74) is 11.9. The molecule has 4 heteroatoms. The van der Waals surface area contributed by atoms with Crippen molar-refractivity contribution in [2.45, 2.75) is 12.8 Å². The van der Waals surface area contributed by atoms with Gasteiger partial charge < -0.3 is 19.3 Å². The van der Waals surface area contributed by atoms with Crippen LogP contribution in [0.2, 0.25) is 0 Å². The molecule has 0 aromatic heterocycles. The lowest BCUT2D eigenvalue weighted by molar-refractivity contribution is 0.173. The van der Waals surface area contributed by atoms with Crippen LogP contribution in [0, 0.1) is 6.92 Å². The summed E-state index contributed by atoms with van der Waals surface area (Å²) in [6, 6.07) is 38.9. The van der Waals surface area contributed by atoms with E-state index in [9.17, 15) is 0 Å². The second-order valence-corrected chi connectivity index (χ2v) is 9.78. The van der Waals surface area contributed by atoms with Gasteiger partial charge in [-0.05, 0) is 72.6 Å². The molecule has 3 heterocycles. The van der Waals surface area contributed by atoms with Crippen molar-refractivity contribution < 1.29 is 9.47 Å². The van der Waals surface area contributed by atoms with E-state index in [1.807, 2.05) is 6.07 Å². The Bertz CT molecular complexity index is 1660. The molecular weight excluding hydrogens is 456 g/mol. The van der Waals surface area contributed by atoms with Crippen LogP contribution in [-0.2, 0) is 0 Å². The van der Waals surface area contributed by atoms with Crippen LogP contribution in [-0.4, -0.2) is 6.79 Å². The Morgan fingerprint density at radius 3 is 1.92 bits per heavy atom. The predicted octanol–water partition coefficient (Wildman–Crippen LogP) is 8.47. The standard InChI is InChI=1S/C33H24N2O2/c1-21-18-27-31-28(19-21)35(23-12-6-3-7-13-23)26-16-17-29-33(37-20-36-29)32(26)30(31)24-14-8-9-15-25(24)34(27)22-10-4-2-5-11-22/h2-19,30H,20H2,1H3. The number of hydrogen-bond donors (Lipinski definition) is 0. The van der Waals surface area contributed by atoms with Crippen LogP contribution in [0.3, 0.4) is 0 Å². The van der Waals surface area contributed by atoms with Gasteiger partial charge in [0, 0.05) is 28.4 Å². The van der Waals surface area contributed by atoms with Crippen LogP contribution in [0.5, 0.6) is 11.5 Å². The normalized spacial score (nSPS) is 16.2. The number of ether oxygens (including phenoxy) is 2. The lowest BCUT2D eigenvalue weighted by Gasteiger charge is -2.45. The van der Waals surface area contributed by atoms with Crippen molar-refractivity contribution in [3.05, 3.63) is 131 Å². The molecule has 3 aliphatic heterocycles. The van der Waals surface area contributed by atoms with Crippen molar-refractivity contribution in [2.75, 3.05) is 16.6 Å². The van der Waals surface area contributed by atoms with E-state index in [-0.39, 0.29) is 12.7 Å². The Morgan fingerprint density at radius 2 is 1.22 bits per heavy atom. The van der Waals surface area contributed by atoms with E-state index in [0.29, 0.717) is 0 Å². The summed E-state index contributed by atoms with van der Waals surface area (Å²) in [6.07, 6.45) is 0. The van der Waals surface area contributed by atoms with Crippen molar-refractivity contribution in [1.29, 1.82) is 0 Å². The number of nitrogens with zero attached hydrogens (tertiary/aromatic N) is 2. The third kappa shape index (κ3) is 2.84. The minimum Gasteiger partial charge on any atom is -0.454 e.